The van der Waals surface area contributed by atoms with Crippen molar-refractivity contribution in [3.05, 3.63) is 16.3 Å². The summed E-state index contributed by atoms with van der Waals surface area (Å²) in [5.41, 5.74) is 5.59. The molecular formula is C6H8N4O3. The van der Waals surface area contributed by atoms with Gasteiger partial charge in [0, 0.05) is 11.5 Å². The number of ether oxygens (including phenoxy) is 1. The first kappa shape index (κ1) is 7.99. The Labute approximate surface area is 73.3 Å². The predicted octanol–water partition coefficient (Wildman–Crippen LogP) is -0.489. The molecule has 0 bridgehead atoms. The molecule has 0 amide bonds. The number of hydrogen-bond donors (Lipinski definition) is 1. The molecule has 70 valence electrons. The van der Waals surface area contributed by atoms with Crippen molar-refractivity contribution >= 4 is 5.82 Å². The van der Waals surface area contributed by atoms with Crippen molar-refractivity contribution in [2.45, 2.75) is 12.6 Å². The van der Waals surface area contributed by atoms with Gasteiger partial charge in [-0.3, -0.25) is 4.57 Å². The smallest absolute Gasteiger partial charge is 0.414 e. The molecule has 0 unspecified atom stereocenters. The predicted molar refractivity (Wildman–Crippen MR) is 42.4 cm³/mol. The average Bonchev–Trinajstić information content (AvgIpc) is 2.46. The van der Waals surface area contributed by atoms with Crippen LogP contribution in [-0.4, -0.2) is 27.1 Å². The Bertz CT molecular complexity index is 348. The highest BCUT2D eigenvalue weighted by Gasteiger charge is 2.25. The molecule has 0 aromatic carbocycles. The Hall–Kier alpha value is -1.63. The topological polar surface area (TPSA) is 96.2 Å². The van der Waals surface area contributed by atoms with Gasteiger partial charge in [-0.2, -0.15) is 0 Å². The number of nitrogens with zero attached hydrogens (tertiary/aromatic N) is 3. The van der Waals surface area contributed by atoms with Gasteiger partial charge >= 0.3 is 11.8 Å². The van der Waals surface area contributed by atoms with Gasteiger partial charge in [-0.05, 0) is 4.92 Å². The Morgan fingerprint density at radius 2 is 2.62 bits per heavy atom. The highest BCUT2D eigenvalue weighted by Crippen LogP contribution is 2.20. The van der Waals surface area contributed by atoms with E-state index < -0.39 is 4.92 Å². The SMILES string of the molecule is N[C@H]1COc2nc([N+](=O)[O-])cn2C1. The van der Waals surface area contributed by atoms with Gasteiger partial charge in [0.1, 0.15) is 12.8 Å². The van der Waals surface area contributed by atoms with Crippen molar-refractivity contribution in [3.63, 3.8) is 0 Å². The zero-order valence-corrected chi connectivity index (χ0v) is 6.71. The summed E-state index contributed by atoms with van der Waals surface area (Å²) in [7, 11) is 0. The van der Waals surface area contributed by atoms with E-state index in [1.54, 1.807) is 4.57 Å². The number of fused-ring (bicyclic) bond motifs is 1. The summed E-state index contributed by atoms with van der Waals surface area (Å²) in [6.45, 7) is 0.865. The number of nitro groups is 1. The van der Waals surface area contributed by atoms with Crippen molar-refractivity contribution in [2.75, 3.05) is 6.61 Å². The maximum atomic E-state index is 10.3. The number of rotatable bonds is 1. The third-order valence-corrected chi connectivity index (χ3v) is 1.77. The third-order valence-electron chi connectivity index (χ3n) is 1.77. The van der Waals surface area contributed by atoms with Crippen molar-refractivity contribution in [2.24, 2.45) is 5.73 Å². The highest BCUT2D eigenvalue weighted by molar-refractivity contribution is 5.21. The summed E-state index contributed by atoms with van der Waals surface area (Å²) in [4.78, 5) is 13.5. The summed E-state index contributed by atoms with van der Waals surface area (Å²) < 4.78 is 6.64. The first-order chi connectivity index (χ1) is 6.16. The molecular weight excluding hydrogens is 176 g/mol. The summed E-state index contributed by atoms with van der Waals surface area (Å²) in [5.74, 6) is -0.205. The first-order valence-corrected chi connectivity index (χ1v) is 3.77. The lowest BCUT2D eigenvalue weighted by atomic mass is 10.3. The zero-order chi connectivity index (χ0) is 9.42. The van der Waals surface area contributed by atoms with Crippen LogP contribution in [0.5, 0.6) is 6.01 Å². The van der Waals surface area contributed by atoms with E-state index in [1.165, 1.54) is 6.20 Å². The van der Waals surface area contributed by atoms with Crippen molar-refractivity contribution in [1.29, 1.82) is 0 Å². The van der Waals surface area contributed by atoms with Crippen LogP contribution < -0.4 is 10.5 Å². The lowest BCUT2D eigenvalue weighted by Gasteiger charge is -2.17. The van der Waals surface area contributed by atoms with Crippen LogP contribution in [0.4, 0.5) is 5.82 Å². The normalized spacial score (nSPS) is 20.5. The minimum atomic E-state index is -0.555. The summed E-state index contributed by atoms with van der Waals surface area (Å²) in [6.07, 6.45) is 1.33. The second-order valence-corrected chi connectivity index (χ2v) is 2.86. The van der Waals surface area contributed by atoms with E-state index in [4.69, 9.17) is 10.5 Å². The molecule has 13 heavy (non-hydrogen) atoms. The van der Waals surface area contributed by atoms with Crippen molar-refractivity contribution in [1.82, 2.24) is 9.55 Å². The van der Waals surface area contributed by atoms with Gasteiger partial charge < -0.3 is 20.6 Å². The molecule has 0 radical (unpaired) electrons. The largest absolute Gasteiger partial charge is 0.444 e. The number of nitrogens with two attached hydrogens (primary N) is 1. The molecule has 0 saturated heterocycles. The van der Waals surface area contributed by atoms with Crippen LogP contribution in [-0.2, 0) is 6.54 Å². The Kier molecular flexibility index (Phi) is 1.66. The fourth-order valence-electron chi connectivity index (χ4n) is 1.21. The molecule has 1 aromatic heterocycles. The summed E-state index contributed by atoms with van der Waals surface area (Å²) >= 11 is 0. The maximum absolute atomic E-state index is 10.3. The Morgan fingerprint density at radius 3 is 3.31 bits per heavy atom. The molecule has 1 aromatic rings. The molecule has 7 nitrogen and oxygen atoms in total. The standard InChI is InChI=1S/C6H8N4O3/c7-4-1-9-2-5(10(11)12)8-6(9)13-3-4/h2,4H,1,3,7H2/t4-/m1/s1. The third kappa shape index (κ3) is 1.33. The van der Waals surface area contributed by atoms with Gasteiger partial charge in [0.05, 0.1) is 6.04 Å². The lowest BCUT2D eigenvalue weighted by Crippen LogP contribution is -2.36. The van der Waals surface area contributed by atoms with Crippen LogP contribution in [0.3, 0.4) is 0 Å². The quantitative estimate of drug-likeness (QED) is 0.469. The number of aromatic nitrogens is 2. The van der Waals surface area contributed by atoms with Crippen LogP contribution in [0.1, 0.15) is 0 Å². The fourth-order valence-corrected chi connectivity index (χ4v) is 1.21. The lowest BCUT2D eigenvalue weighted by molar-refractivity contribution is -0.389. The second-order valence-electron chi connectivity index (χ2n) is 2.86. The molecule has 0 aliphatic carbocycles. The number of imidazole rings is 1. The fraction of sp³-hybridized carbons (Fsp3) is 0.500. The van der Waals surface area contributed by atoms with Gasteiger partial charge in [-0.15, -0.1) is 0 Å². The van der Waals surface area contributed by atoms with Gasteiger partial charge in [0.15, 0.2) is 0 Å². The Morgan fingerprint density at radius 1 is 1.85 bits per heavy atom. The van der Waals surface area contributed by atoms with Gasteiger partial charge in [-0.25, -0.2) is 0 Å². The zero-order valence-electron chi connectivity index (χ0n) is 6.71. The molecule has 2 N–H and O–H groups in total. The van der Waals surface area contributed by atoms with Gasteiger partial charge in [-0.1, -0.05) is 0 Å². The maximum Gasteiger partial charge on any atom is 0.414 e. The van der Waals surface area contributed by atoms with E-state index >= 15 is 0 Å². The molecule has 1 atom stereocenters. The van der Waals surface area contributed by atoms with Crippen molar-refractivity contribution in [3.8, 4) is 6.01 Å². The molecule has 1 aliphatic rings. The van der Waals surface area contributed by atoms with Crippen LogP contribution in [0, 0.1) is 10.1 Å². The van der Waals surface area contributed by atoms with Gasteiger partial charge in [0.2, 0.25) is 0 Å². The Balaban J connectivity index is 2.33. The summed E-state index contributed by atoms with van der Waals surface area (Å²) in [6, 6.07) is 0.148. The molecule has 0 spiro atoms. The minimum Gasteiger partial charge on any atom is -0.444 e. The van der Waals surface area contributed by atoms with Gasteiger partial charge in [0.25, 0.3) is 0 Å². The van der Waals surface area contributed by atoms with Crippen LogP contribution in [0.2, 0.25) is 0 Å². The van der Waals surface area contributed by atoms with E-state index in [0.717, 1.165) is 0 Å². The molecule has 1 aliphatic heterocycles. The van der Waals surface area contributed by atoms with E-state index in [1.807, 2.05) is 0 Å². The minimum absolute atomic E-state index is 0.124. The van der Waals surface area contributed by atoms with E-state index in [0.29, 0.717) is 13.2 Å². The first-order valence-electron chi connectivity index (χ1n) is 3.77. The van der Waals surface area contributed by atoms with Crippen LogP contribution in [0.15, 0.2) is 6.20 Å². The number of hydrogen-bond acceptors (Lipinski definition) is 5. The molecule has 7 heteroatoms. The van der Waals surface area contributed by atoms with Crippen LogP contribution in [0.25, 0.3) is 0 Å². The monoisotopic (exact) mass is 184 g/mol. The molecule has 2 heterocycles. The summed E-state index contributed by atoms with van der Waals surface area (Å²) in [5, 5.41) is 10.3. The van der Waals surface area contributed by atoms with Crippen molar-refractivity contribution < 1.29 is 9.66 Å². The molecule has 2 rings (SSSR count). The second kappa shape index (κ2) is 2.70. The van der Waals surface area contributed by atoms with E-state index in [-0.39, 0.29) is 17.9 Å². The average molecular weight is 184 g/mol. The van der Waals surface area contributed by atoms with E-state index in [2.05, 4.69) is 4.98 Å². The van der Waals surface area contributed by atoms with E-state index in [9.17, 15) is 10.1 Å². The van der Waals surface area contributed by atoms with Crippen LogP contribution >= 0.6 is 0 Å². The highest BCUT2D eigenvalue weighted by atomic mass is 16.6. The molecule has 0 fully saturated rings. The molecule has 0 saturated carbocycles.